The Morgan fingerprint density at radius 2 is 2.12 bits per heavy atom. The smallest absolute Gasteiger partial charge is 0.188 e. The van der Waals surface area contributed by atoms with Crippen LogP contribution in [0.1, 0.15) is 32.1 Å². The van der Waals surface area contributed by atoms with Crippen LogP contribution in [0, 0.1) is 5.92 Å². The van der Waals surface area contributed by atoms with Crippen molar-refractivity contribution in [2.45, 2.75) is 38.1 Å². The average Bonchev–Trinajstić information content (AvgIpc) is 2.59. The molecule has 1 unspecified atom stereocenters. The molecule has 0 aromatic heterocycles. The molecule has 3 N–H and O–H groups in total. The van der Waals surface area contributed by atoms with Crippen molar-refractivity contribution >= 4 is 29.9 Å². The van der Waals surface area contributed by atoms with Crippen molar-refractivity contribution in [3.05, 3.63) is 0 Å². The molecule has 17 heavy (non-hydrogen) atoms. The third-order valence-corrected chi connectivity index (χ3v) is 3.93. The highest BCUT2D eigenvalue weighted by Gasteiger charge is 2.20. The van der Waals surface area contributed by atoms with E-state index >= 15 is 0 Å². The summed E-state index contributed by atoms with van der Waals surface area (Å²) in [5.41, 5.74) is 5.84. The largest absolute Gasteiger partial charge is 0.370 e. The van der Waals surface area contributed by atoms with E-state index in [1.54, 1.807) is 0 Å². The highest BCUT2D eigenvalue weighted by Crippen LogP contribution is 2.26. The molecule has 2 aliphatic rings. The Morgan fingerprint density at radius 1 is 1.35 bits per heavy atom. The Kier molecular flexibility index (Phi) is 6.54. The van der Waals surface area contributed by atoms with Gasteiger partial charge in [0.25, 0.3) is 0 Å². The zero-order chi connectivity index (χ0) is 11.4. The predicted molar refractivity (Wildman–Crippen MR) is 82.9 cm³/mol. The molecule has 1 saturated carbocycles. The van der Waals surface area contributed by atoms with E-state index in [-0.39, 0.29) is 24.0 Å². The first-order valence-corrected chi connectivity index (χ1v) is 6.49. The van der Waals surface area contributed by atoms with Crippen LogP contribution in [0.3, 0.4) is 0 Å². The number of likely N-dealkylation sites (tertiary alicyclic amines) is 1. The normalized spacial score (nSPS) is 26.4. The lowest BCUT2D eigenvalue weighted by Gasteiger charge is -2.23. The van der Waals surface area contributed by atoms with Gasteiger partial charge in [-0.25, -0.2) is 0 Å². The highest BCUT2D eigenvalue weighted by molar-refractivity contribution is 14.0. The Hall–Kier alpha value is -0.0400. The van der Waals surface area contributed by atoms with Crippen LogP contribution in [0.15, 0.2) is 4.99 Å². The number of nitrogens with one attached hydrogen (secondary N) is 1. The molecule has 1 saturated heterocycles. The first-order valence-electron chi connectivity index (χ1n) is 6.49. The average molecular weight is 352 g/mol. The van der Waals surface area contributed by atoms with Crippen molar-refractivity contribution in [1.29, 1.82) is 0 Å². The van der Waals surface area contributed by atoms with Gasteiger partial charge in [0.2, 0.25) is 0 Å². The second-order valence-corrected chi connectivity index (χ2v) is 5.18. The molecule has 100 valence electrons. The quantitative estimate of drug-likeness (QED) is 0.457. The fourth-order valence-corrected chi connectivity index (χ4v) is 2.42. The van der Waals surface area contributed by atoms with Gasteiger partial charge in [-0.3, -0.25) is 4.99 Å². The van der Waals surface area contributed by atoms with E-state index in [1.165, 1.54) is 38.6 Å². The van der Waals surface area contributed by atoms with Crippen LogP contribution >= 0.6 is 24.0 Å². The molecule has 2 rings (SSSR count). The lowest BCUT2D eigenvalue weighted by molar-refractivity contribution is 0.309. The molecule has 0 bridgehead atoms. The van der Waals surface area contributed by atoms with Crippen LogP contribution in [-0.4, -0.2) is 43.6 Å². The summed E-state index contributed by atoms with van der Waals surface area (Å²) in [6.07, 6.45) is 6.63. The second kappa shape index (κ2) is 7.41. The summed E-state index contributed by atoms with van der Waals surface area (Å²) in [5.74, 6) is 1.43. The summed E-state index contributed by atoms with van der Waals surface area (Å²) in [4.78, 5) is 6.79. The Labute approximate surface area is 121 Å². The Bertz CT molecular complexity index is 253. The number of aliphatic imine (C=N–C) groups is 1. The van der Waals surface area contributed by atoms with Gasteiger partial charge in [-0.1, -0.05) is 6.42 Å². The summed E-state index contributed by atoms with van der Waals surface area (Å²) in [6.45, 7) is 3.07. The first-order chi connectivity index (χ1) is 7.75. The van der Waals surface area contributed by atoms with E-state index in [0.29, 0.717) is 12.0 Å². The highest BCUT2D eigenvalue weighted by atomic mass is 127. The maximum Gasteiger partial charge on any atom is 0.188 e. The van der Waals surface area contributed by atoms with E-state index in [4.69, 9.17) is 5.73 Å². The van der Waals surface area contributed by atoms with Gasteiger partial charge in [-0.2, -0.15) is 0 Å². The van der Waals surface area contributed by atoms with Gasteiger partial charge in [-0.05, 0) is 45.2 Å². The number of rotatable bonds is 4. The molecule has 5 heteroatoms. The predicted octanol–water partition coefficient (Wildman–Crippen LogP) is 1.40. The molecule has 1 heterocycles. The van der Waals surface area contributed by atoms with Gasteiger partial charge in [0.15, 0.2) is 5.96 Å². The minimum absolute atomic E-state index is 0. The standard InChI is InChI=1S/C12H24N4.HI/c1-16-7-3-6-11(16)9-15-12(13)14-8-10-4-2-5-10;/h10-11H,2-9H2,1H3,(H3,13,14,15);1H. The van der Waals surface area contributed by atoms with E-state index in [2.05, 4.69) is 22.3 Å². The maximum atomic E-state index is 5.84. The Morgan fingerprint density at radius 3 is 2.65 bits per heavy atom. The molecule has 0 spiro atoms. The number of halogens is 1. The van der Waals surface area contributed by atoms with E-state index in [0.717, 1.165) is 19.0 Å². The summed E-state index contributed by atoms with van der Waals surface area (Å²) in [5, 5.41) is 3.24. The minimum atomic E-state index is 0. The van der Waals surface area contributed by atoms with Gasteiger partial charge in [-0.15, -0.1) is 24.0 Å². The second-order valence-electron chi connectivity index (χ2n) is 5.18. The van der Waals surface area contributed by atoms with Crippen molar-refractivity contribution in [1.82, 2.24) is 10.2 Å². The van der Waals surface area contributed by atoms with E-state index in [1.807, 2.05) is 0 Å². The van der Waals surface area contributed by atoms with Gasteiger partial charge in [0.1, 0.15) is 0 Å². The topological polar surface area (TPSA) is 53.6 Å². The van der Waals surface area contributed by atoms with Gasteiger partial charge in [0, 0.05) is 19.1 Å². The number of hydrogen-bond acceptors (Lipinski definition) is 2. The number of nitrogens with zero attached hydrogens (tertiary/aromatic N) is 2. The molecule has 1 aliphatic carbocycles. The molecule has 0 amide bonds. The Balaban J connectivity index is 0.00000144. The molecule has 4 nitrogen and oxygen atoms in total. The van der Waals surface area contributed by atoms with E-state index in [9.17, 15) is 0 Å². The van der Waals surface area contributed by atoms with Crippen molar-refractivity contribution in [3.8, 4) is 0 Å². The summed E-state index contributed by atoms with van der Waals surface area (Å²) in [7, 11) is 2.18. The van der Waals surface area contributed by atoms with Gasteiger partial charge < -0.3 is 16.0 Å². The monoisotopic (exact) mass is 352 g/mol. The van der Waals surface area contributed by atoms with Crippen LogP contribution in [0.2, 0.25) is 0 Å². The molecule has 0 aromatic carbocycles. The van der Waals surface area contributed by atoms with Crippen molar-refractivity contribution in [3.63, 3.8) is 0 Å². The van der Waals surface area contributed by atoms with Crippen LogP contribution in [-0.2, 0) is 0 Å². The van der Waals surface area contributed by atoms with Crippen LogP contribution in [0.25, 0.3) is 0 Å². The third kappa shape index (κ3) is 4.62. The molecule has 1 atom stereocenters. The number of nitrogens with two attached hydrogens (primary N) is 1. The minimum Gasteiger partial charge on any atom is -0.370 e. The van der Waals surface area contributed by atoms with Crippen LogP contribution < -0.4 is 11.1 Å². The lowest BCUT2D eigenvalue weighted by atomic mass is 9.86. The molecular weight excluding hydrogens is 327 g/mol. The van der Waals surface area contributed by atoms with Gasteiger partial charge in [0.05, 0.1) is 0 Å². The van der Waals surface area contributed by atoms with Crippen LogP contribution in [0.4, 0.5) is 0 Å². The van der Waals surface area contributed by atoms with Crippen LogP contribution in [0.5, 0.6) is 0 Å². The van der Waals surface area contributed by atoms with E-state index < -0.39 is 0 Å². The van der Waals surface area contributed by atoms with Gasteiger partial charge >= 0.3 is 0 Å². The summed E-state index contributed by atoms with van der Waals surface area (Å²) in [6, 6.07) is 0.637. The number of guanidine groups is 1. The van der Waals surface area contributed by atoms with Crippen molar-refractivity contribution in [2.75, 3.05) is 26.7 Å². The summed E-state index contributed by atoms with van der Waals surface area (Å²) >= 11 is 0. The molecule has 0 radical (unpaired) electrons. The zero-order valence-electron chi connectivity index (χ0n) is 10.7. The fourth-order valence-electron chi connectivity index (χ4n) is 2.42. The SMILES string of the molecule is CN1CCCC1CNC(N)=NCC1CCC1.I. The van der Waals surface area contributed by atoms with Crippen molar-refractivity contribution in [2.24, 2.45) is 16.6 Å². The number of likely N-dealkylation sites (N-methyl/N-ethyl adjacent to an activating group) is 1. The fraction of sp³-hybridized carbons (Fsp3) is 0.917. The maximum absolute atomic E-state index is 5.84. The third-order valence-electron chi connectivity index (χ3n) is 3.93. The lowest BCUT2D eigenvalue weighted by Crippen LogP contribution is -2.41. The van der Waals surface area contributed by atoms with Crippen molar-refractivity contribution < 1.29 is 0 Å². The molecule has 0 aromatic rings. The molecule has 1 aliphatic heterocycles. The molecule has 2 fully saturated rings. The zero-order valence-corrected chi connectivity index (χ0v) is 13.0. The summed E-state index contributed by atoms with van der Waals surface area (Å²) < 4.78 is 0. The number of hydrogen-bond donors (Lipinski definition) is 2. The first kappa shape index (κ1) is 15.0. The molecular formula is C12H25IN4.